The highest BCUT2D eigenvalue weighted by Crippen LogP contribution is 2.45. The Morgan fingerprint density at radius 3 is 2.30 bits per heavy atom. The molecule has 0 heterocycles. The average molecular weight is 308 g/mol. The van der Waals surface area contributed by atoms with Gasteiger partial charge in [0, 0.05) is 13.1 Å². The van der Waals surface area contributed by atoms with Crippen molar-refractivity contribution in [1.29, 1.82) is 0 Å². The maximum atomic E-state index is 12.7. The number of rotatable bonds is 5. The Labute approximate surface area is 138 Å². The van der Waals surface area contributed by atoms with Crippen molar-refractivity contribution in [3.63, 3.8) is 0 Å². The van der Waals surface area contributed by atoms with E-state index in [0.29, 0.717) is 13.1 Å². The number of nitrogens with zero attached hydrogens (tertiary/aromatic N) is 1. The van der Waals surface area contributed by atoms with Crippen molar-refractivity contribution in [2.45, 2.75) is 38.8 Å². The minimum absolute atomic E-state index is 0.0226. The number of carbonyl (C=O) groups excluding carboxylic acids is 1. The summed E-state index contributed by atoms with van der Waals surface area (Å²) in [6, 6.07) is 18.7. The SMILES string of the molecule is CCN(Cc1ccccc1)C(=O)NC1(c2ccc(C)cc2)CC1. The van der Waals surface area contributed by atoms with Crippen molar-refractivity contribution in [3.05, 3.63) is 71.3 Å². The molecule has 0 unspecified atom stereocenters. The first-order valence-corrected chi connectivity index (χ1v) is 8.31. The molecule has 1 aliphatic carbocycles. The van der Waals surface area contributed by atoms with E-state index in [1.807, 2.05) is 30.0 Å². The second-order valence-corrected chi connectivity index (χ2v) is 6.38. The number of hydrogen-bond donors (Lipinski definition) is 1. The molecule has 0 aromatic heterocycles. The first kappa shape index (κ1) is 15.6. The van der Waals surface area contributed by atoms with Crippen molar-refractivity contribution in [1.82, 2.24) is 10.2 Å². The van der Waals surface area contributed by atoms with Crippen molar-refractivity contribution < 1.29 is 4.79 Å². The summed E-state index contributed by atoms with van der Waals surface area (Å²) < 4.78 is 0. The number of aryl methyl sites for hydroxylation is 1. The lowest BCUT2D eigenvalue weighted by atomic mass is 10.0. The van der Waals surface area contributed by atoms with Crippen LogP contribution in [0.2, 0.25) is 0 Å². The van der Waals surface area contributed by atoms with E-state index in [9.17, 15) is 4.79 Å². The molecule has 0 saturated heterocycles. The summed E-state index contributed by atoms with van der Waals surface area (Å²) in [7, 11) is 0. The zero-order valence-corrected chi connectivity index (χ0v) is 13.9. The van der Waals surface area contributed by atoms with Crippen molar-refractivity contribution >= 4 is 6.03 Å². The van der Waals surface area contributed by atoms with Crippen molar-refractivity contribution in [2.24, 2.45) is 0 Å². The zero-order valence-electron chi connectivity index (χ0n) is 13.9. The van der Waals surface area contributed by atoms with Gasteiger partial charge < -0.3 is 10.2 Å². The first-order valence-electron chi connectivity index (χ1n) is 8.31. The largest absolute Gasteiger partial charge is 0.328 e. The molecule has 3 nitrogen and oxygen atoms in total. The molecule has 3 heteroatoms. The number of benzene rings is 2. The van der Waals surface area contributed by atoms with Crippen LogP contribution in [0.4, 0.5) is 4.79 Å². The number of amides is 2. The minimum atomic E-state index is -0.158. The molecular weight excluding hydrogens is 284 g/mol. The molecule has 0 radical (unpaired) electrons. The van der Waals surface area contributed by atoms with E-state index in [1.165, 1.54) is 11.1 Å². The Kier molecular flexibility index (Phi) is 4.37. The predicted molar refractivity (Wildman–Crippen MR) is 93.1 cm³/mol. The Morgan fingerprint density at radius 2 is 1.74 bits per heavy atom. The van der Waals surface area contributed by atoms with Crippen molar-refractivity contribution in [2.75, 3.05) is 6.54 Å². The second-order valence-electron chi connectivity index (χ2n) is 6.38. The molecule has 120 valence electrons. The summed E-state index contributed by atoms with van der Waals surface area (Å²) in [6.07, 6.45) is 2.04. The molecule has 1 saturated carbocycles. The van der Waals surface area contributed by atoms with E-state index in [2.05, 4.69) is 48.6 Å². The predicted octanol–water partition coefficient (Wildman–Crippen LogP) is 4.22. The third kappa shape index (κ3) is 3.55. The second kappa shape index (κ2) is 6.45. The van der Waals surface area contributed by atoms with Crippen LogP contribution in [0.25, 0.3) is 0 Å². The molecule has 23 heavy (non-hydrogen) atoms. The van der Waals surface area contributed by atoms with Crippen molar-refractivity contribution in [3.8, 4) is 0 Å². The molecule has 0 bridgehead atoms. The average Bonchev–Trinajstić information content (AvgIpc) is 3.34. The van der Waals surface area contributed by atoms with Crippen LogP contribution in [0.3, 0.4) is 0 Å². The van der Waals surface area contributed by atoms with E-state index in [-0.39, 0.29) is 11.6 Å². The normalized spacial score (nSPS) is 15.0. The fourth-order valence-corrected chi connectivity index (χ4v) is 2.90. The van der Waals surface area contributed by atoms with E-state index in [1.54, 1.807) is 0 Å². The number of carbonyl (C=O) groups is 1. The summed E-state index contributed by atoms with van der Waals surface area (Å²) in [5, 5.41) is 3.26. The molecule has 0 spiro atoms. The molecule has 0 aliphatic heterocycles. The smallest absolute Gasteiger partial charge is 0.318 e. The number of nitrogens with one attached hydrogen (secondary N) is 1. The number of hydrogen-bond acceptors (Lipinski definition) is 1. The summed E-state index contributed by atoms with van der Waals surface area (Å²) >= 11 is 0. The molecule has 2 aromatic rings. The van der Waals surface area contributed by atoms with Gasteiger partial charge in [0.15, 0.2) is 0 Å². The van der Waals surface area contributed by atoms with Crippen LogP contribution < -0.4 is 5.32 Å². The molecule has 2 amide bonds. The van der Waals surface area contributed by atoms with Gasteiger partial charge in [-0.25, -0.2) is 4.79 Å². The van der Waals surface area contributed by atoms with Gasteiger partial charge in [-0.2, -0.15) is 0 Å². The molecular formula is C20H24N2O. The van der Waals surface area contributed by atoms with Gasteiger partial charge >= 0.3 is 6.03 Å². The van der Waals surface area contributed by atoms with Crippen LogP contribution in [0.15, 0.2) is 54.6 Å². The van der Waals surface area contributed by atoms with Crippen LogP contribution in [0.1, 0.15) is 36.5 Å². The minimum Gasteiger partial charge on any atom is -0.328 e. The standard InChI is InChI=1S/C20H24N2O/c1-3-22(15-17-7-5-4-6-8-17)19(23)21-20(13-14-20)18-11-9-16(2)10-12-18/h4-12H,3,13-15H2,1-2H3,(H,21,23). The van der Waals surface area contributed by atoms with E-state index < -0.39 is 0 Å². The maximum Gasteiger partial charge on any atom is 0.318 e. The molecule has 3 rings (SSSR count). The van der Waals surface area contributed by atoms with Crippen LogP contribution in [0, 0.1) is 6.92 Å². The summed E-state index contributed by atoms with van der Waals surface area (Å²) in [6.45, 7) is 5.45. The molecule has 2 aromatic carbocycles. The molecule has 1 fully saturated rings. The fourth-order valence-electron chi connectivity index (χ4n) is 2.90. The first-order chi connectivity index (χ1) is 11.1. The van der Waals surface area contributed by atoms with E-state index >= 15 is 0 Å². The Hall–Kier alpha value is -2.29. The third-order valence-electron chi connectivity index (χ3n) is 4.59. The zero-order chi connectivity index (χ0) is 16.3. The molecule has 1 N–H and O–H groups in total. The lowest BCUT2D eigenvalue weighted by Crippen LogP contribution is -2.44. The monoisotopic (exact) mass is 308 g/mol. The maximum absolute atomic E-state index is 12.7. The highest BCUT2D eigenvalue weighted by atomic mass is 16.2. The van der Waals surface area contributed by atoms with Gasteiger partial charge in [-0.15, -0.1) is 0 Å². The summed E-state index contributed by atoms with van der Waals surface area (Å²) in [5.41, 5.74) is 3.46. The van der Waals surface area contributed by atoms with Crippen LogP contribution in [-0.4, -0.2) is 17.5 Å². The number of urea groups is 1. The van der Waals surface area contributed by atoms with Gasteiger partial charge in [0.2, 0.25) is 0 Å². The van der Waals surface area contributed by atoms with Crippen LogP contribution in [-0.2, 0) is 12.1 Å². The van der Waals surface area contributed by atoms with E-state index in [4.69, 9.17) is 0 Å². The van der Waals surface area contributed by atoms with Gasteiger partial charge in [-0.3, -0.25) is 0 Å². The summed E-state index contributed by atoms with van der Waals surface area (Å²) in [4.78, 5) is 14.6. The van der Waals surface area contributed by atoms with Gasteiger partial charge in [-0.1, -0.05) is 60.2 Å². The van der Waals surface area contributed by atoms with Gasteiger partial charge in [-0.05, 0) is 37.8 Å². The highest BCUT2D eigenvalue weighted by molar-refractivity contribution is 5.76. The Bertz CT molecular complexity index is 660. The molecule has 0 atom stereocenters. The summed E-state index contributed by atoms with van der Waals surface area (Å²) in [5.74, 6) is 0. The quantitative estimate of drug-likeness (QED) is 0.881. The van der Waals surface area contributed by atoms with Crippen LogP contribution in [0.5, 0.6) is 0 Å². The molecule has 1 aliphatic rings. The Morgan fingerprint density at radius 1 is 1.09 bits per heavy atom. The lowest BCUT2D eigenvalue weighted by molar-refractivity contribution is 0.192. The van der Waals surface area contributed by atoms with Crippen LogP contribution >= 0.6 is 0 Å². The highest BCUT2D eigenvalue weighted by Gasteiger charge is 2.46. The van der Waals surface area contributed by atoms with E-state index in [0.717, 1.165) is 18.4 Å². The van der Waals surface area contributed by atoms with Gasteiger partial charge in [0.1, 0.15) is 0 Å². The third-order valence-corrected chi connectivity index (χ3v) is 4.59. The Balaban J connectivity index is 1.68. The van der Waals surface area contributed by atoms with Gasteiger partial charge in [0.05, 0.1) is 5.54 Å². The fraction of sp³-hybridized carbons (Fsp3) is 0.350. The van der Waals surface area contributed by atoms with Gasteiger partial charge in [0.25, 0.3) is 0 Å². The topological polar surface area (TPSA) is 32.3 Å². The lowest BCUT2D eigenvalue weighted by Gasteiger charge is -2.26.